The molecule has 2 rings (SSSR count). The highest BCUT2D eigenvalue weighted by molar-refractivity contribution is 5.31. The van der Waals surface area contributed by atoms with Gasteiger partial charge in [-0.15, -0.1) is 0 Å². The normalized spacial score (nSPS) is 14.0. The summed E-state index contributed by atoms with van der Waals surface area (Å²) in [7, 11) is 0. The third kappa shape index (κ3) is 2.78. The first kappa shape index (κ1) is 18.9. The Morgan fingerprint density at radius 2 is 1.32 bits per heavy atom. The van der Waals surface area contributed by atoms with Crippen LogP contribution in [0.25, 0.3) is 5.69 Å². The second-order valence-corrected chi connectivity index (χ2v) is 4.90. The van der Waals surface area contributed by atoms with E-state index in [1.807, 2.05) is 0 Å². The standard InChI is InChI=1S/C13H7F9N2O/c14-10(15,11(16,17)12(18,19)13(20,21)22)8-6-9(25)24(23-8)7-4-2-1-3-5-7/h1-6,23H. The topological polar surface area (TPSA) is 37.8 Å². The van der Waals surface area contributed by atoms with Crippen molar-refractivity contribution in [3.63, 3.8) is 0 Å². The van der Waals surface area contributed by atoms with E-state index in [-0.39, 0.29) is 11.8 Å². The molecule has 1 aromatic carbocycles. The lowest BCUT2D eigenvalue weighted by Gasteiger charge is -2.32. The van der Waals surface area contributed by atoms with Crippen molar-refractivity contribution in [2.45, 2.75) is 23.9 Å². The molecule has 3 nitrogen and oxygen atoms in total. The number of H-pyrrole nitrogens is 1. The molecule has 0 aliphatic carbocycles. The van der Waals surface area contributed by atoms with Crippen molar-refractivity contribution in [3.05, 3.63) is 52.4 Å². The third-order valence-corrected chi connectivity index (χ3v) is 3.22. The third-order valence-electron chi connectivity index (χ3n) is 3.22. The van der Waals surface area contributed by atoms with Gasteiger partial charge in [-0.05, 0) is 12.1 Å². The first-order valence-electron chi connectivity index (χ1n) is 6.31. The molecule has 0 aliphatic rings. The van der Waals surface area contributed by atoms with Gasteiger partial charge in [-0.3, -0.25) is 9.89 Å². The van der Waals surface area contributed by atoms with Crippen molar-refractivity contribution in [3.8, 4) is 5.69 Å². The van der Waals surface area contributed by atoms with E-state index < -0.39 is 35.2 Å². The van der Waals surface area contributed by atoms with E-state index in [0.717, 1.165) is 0 Å². The molecule has 0 saturated heterocycles. The van der Waals surface area contributed by atoms with Crippen LogP contribution in [0, 0.1) is 0 Å². The fourth-order valence-corrected chi connectivity index (χ4v) is 1.87. The van der Waals surface area contributed by atoms with Gasteiger partial charge in [-0.2, -0.15) is 39.5 Å². The van der Waals surface area contributed by atoms with Crippen molar-refractivity contribution >= 4 is 0 Å². The highest BCUT2D eigenvalue weighted by Crippen LogP contribution is 2.56. The summed E-state index contributed by atoms with van der Waals surface area (Å²) in [5, 5.41) is 1.44. The van der Waals surface area contributed by atoms with E-state index >= 15 is 0 Å². The zero-order valence-electron chi connectivity index (χ0n) is 11.7. The molecule has 0 radical (unpaired) electrons. The number of halogens is 9. The Morgan fingerprint density at radius 1 is 0.800 bits per heavy atom. The fraction of sp³-hybridized carbons (Fsp3) is 0.308. The van der Waals surface area contributed by atoms with Gasteiger partial charge in [0, 0.05) is 6.07 Å². The number of aromatic amines is 1. The lowest BCUT2D eigenvalue weighted by molar-refractivity contribution is -0.400. The number of hydrogen-bond acceptors (Lipinski definition) is 1. The van der Waals surface area contributed by atoms with Gasteiger partial charge < -0.3 is 0 Å². The van der Waals surface area contributed by atoms with Gasteiger partial charge in [-0.25, -0.2) is 4.68 Å². The number of nitrogens with one attached hydrogen (secondary N) is 1. The molecule has 0 fully saturated rings. The summed E-state index contributed by atoms with van der Waals surface area (Å²) in [6.07, 6.45) is -6.93. The lowest BCUT2D eigenvalue weighted by atomic mass is 10.0. The summed E-state index contributed by atoms with van der Waals surface area (Å²) in [5.41, 5.74) is -3.57. The summed E-state index contributed by atoms with van der Waals surface area (Å²) < 4.78 is 116. The highest BCUT2D eigenvalue weighted by atomic mass is 19.4. The molecular weight excluding hydrogens is 371 g/mol. The summed E-state index contributed by atoms with van der Waals surface area (Å²) in [4.78, 5) is 11.6. The molecular formula is C13H7F9N2O. The Labute approximate surface area is 132 Å². The number of benzene rings is 1. The number of hydrogen-bond donors (Lipinski definition) is 1. The van der Waals surface area contributed by atoms with E-state index in [1.54, 1.807) is 0 Å². The van der Waals surface area contributed by atoms with Crippen molar-refractivity contribution in [1.29, 1.82) is 0 Å². The molecule has 2 aromatic rings. The number of alkyl halides is 9. The second kappa shape index (κ2) is 5.56. The number of aromatic nitrogens is 2. The average molecular weight is 378 g/mol. The minimum Gasteiger partial charge on any atom is -0.289 e. The predicted molar refractivity (Wildman–Crippen MR) is 66.2 cm³/mol. The van der Waals surface area contributed by atoms with Gasteiger partial charge in [0.05, 0.1) is 5.69 Å². The zero-order valence-corrected chi connectivity index (χ0v) is 11.7. The van der Waals surface area contributed by atoms with Gasteiger partial charge in [-0.1, -0.05) is 18.2 Å². The van der Waals surface area contributed by atoms with Crippen molar-refractivity contribution in [2.24, 2.45) is 0 Å². The molecule has 0 atom stereocenters. The molecule has 0 amide bonds. The summed E-state index contributed by atoms with van der Waals surface area (Å²) in [6, 6.07) is 6.34. The first-order chi connectivity index (χ1) is 11.2. The summed E-state index contributed by atoms with van der Waals surface area (Å²) in [6.45, 7) is 0. The largest absolute Gasteiger partial charge is 0.460 e. The van der Waals surface area contributed by atoms with Crippen LogP contribution in [0.1, 0.15) is 5.69 Å². The first-order valence-corrected chi connectivity index (χ1v) is 6.31. The maximum absolute atomic E-state index is 13.8. The van der Waals surface area contributed by atoms with Crippen LogP contribution in [-0.2, 0) is 5.92 Å². The van der Waals surface area contributed by atoms with Crippen LogP contribution < -0.4 is 5.56 Å². The second-order valence-electron chi connectivity index (χ2n) is 4.90. The van der Waals surface area contributed by atoms with Gasteiger partial charge in [0.25, 0.3) is 5.56 Å². The van der Waals surface area contributed by atoms with Crippen LogP contribution in [0.3, 0.4) is 0 Å². The highest BCUT2D eigenvalue weighted by Gasteiger charge is 2.82. The Kier molecular flexibility index (Phi) is 4.21. The SMILES string of the molecule is O=c1cc(C(F)(F)C(F)(F)C(F)(F)C(F)(F)F)[nH]n1-c1ccccc1. The smallest absolute Gasteiger partial charge is 0.289 e. The van der Waals surface area contributed by atoms with Crippen molar-refractivity contribution in [2.75, 3.05) is 0 Å². The van der Waals surface area contributed by atoms with E-state index in [0.29, 0.717) is 4.68 Å². The molecule has 0 spiro atoms. The van der Waals surface area contributed by atoms with Crippen LogP contribution in [-0.4, -0.2) is 27.8 Å². The Morgan fingerprint density at radius 3 is 1.80 bits per heavy atom. The average Bonchev–Trinajstić information content (AvgIpc) is 2.89. The maximum Gasteiger partial charge on any atom is 0.460 e. The summed E-state index contributed by atoms with van der Waals surface area (Å²) in [5.74, 6) is -19.9. The quantitative estimate of drug-likeness (QED) is 0.800. The maximum atomic E-state index is 13.8. The van der Waals surface area contributed by atoms with E-state index in [9.17, 15) is 44.3 Å². The van der Waals surface area contributed by atoms with Crippen molar-refractivity contribution in [1.82, 2.24) is 9.78 Å². The number of para-hydroxylation sites is 1. The molecule has 0 unspecified atom stereocenters. The van der Waals surface area contributed by atoms with E-state index in [2.05, 4.69) is 0 Å². The molecule has 25 heavy (non-hydrogen) atoms. The molecule has 0 aliphatic heterocycles. The monoisotopic (exact) mass is 378 g/mol. The Balaban J connectivity index is 2.56. The summed E-state index contributed by atoms with van der Waals surface area (Å²) >= 11 is 0. The van der Waals surface area contributed by atoms with Crippen LogP contribution in [0.5, 0.6) is 0 Å². The van der Waals surface area contributed by atoms with Gasteiger partial charge in [0.1, 0.15) is 5.69 Å². The number of nitrogens with zero attached hydrogens (tertiary/aromatic N) is 1. The van der Waals surface area contributed by atoms with Gasteiger partial charge in [0.15, 0.2) is 0 Å². The van der Waals surface area contributed by atoms with Gasteiger partial charge >= 0.3 is 23.9 Å². The molecule has 1 aromatic heterocycles. The molecule has 12 heteroatoms. The Bertz CT molecular complexity index is 805. The van der Waals surface area contributed by atoms with Crippen LogP contribution in [0.4, 0.5) is 39.5 Å². The molecule has 0 saturated carbocycles. The van der Waals surface area contributed by atoms with E-state index in [1.165, 1.54) is 35.4 Å². The molecule has 138 valence electrons. The molecule has 1 N–H and O–H groups in total. The van der Waals surface area contributed by atoms with Crippen LogP contribution in [0.15, 0.2) is 41.2 Å². The van der Waals surface area contributed by atoms with Crippen molar-refractivity contribution < 1.29 is 39.5 Å². The minimum absolute atomic E-state index is 0.125. The number of rotatable bonds is 4. The van der Waals surface area contributed by atoms with E-state index in [4.69, 9.17) is 0 Å². The zero-order chi connectivity index (χ0) is 19.3. The Hall–Kier alpha value is -2.40. The minimum atomic E-state index is -7.03. The van der Waals surface area contributed by atoms with Crippen LogP contribution >= 0.6 is 0 Å². The van der Waals surface area contributed by atoms with Gasteiger partial charge in [0.2, 0.25) is 0 Å². The van der Waals surface area contributed by atoms with Crippen LogP contribution in [0.2, 0.25) is 0 Å². The predicted octanol–water partition coefficient (Wildman–Crippen LogP) is 4.09. The molecule has 0 bridgehead atoms. The fourth-order valence-electron chi connectivity index (χ4n) is 1.87. The molecule has 1 heterocycles. The lowest BCUT2D eigenvalue weighted by Crippen LogP contribution is -2.59.